The highest BCUT2D eigenvalue weighted by molar-refractivity contribution is 8.93. The summed E-state index contributed by atoms with van der Waals surface area (Å²) >= 11 is 1.71. The SMILES string of the molecule is Br.C#CCN1CSC(OCC)=C1C. The average Bonchev–Trinajstić information content (AvgIpc) is 2.38. The highest BCUT2D eigenvalue weighted by atomic mass is 79.9. The Morgan fingerprint density at radius 3 is 2.92 bits per heavy atom. The largest absolute Gasteiger partial charge is 0.486 e. The Bertz CT molecular complexity index is 234. The van der Waals surface area contributed by atoms with Gasteiger partial charge in [-0.3, -0.25) is 0 Å². The van der Waals surface area contributed by atoms with Crippen molar-refractivity contribution in [3.05, 3.63) is 10.8 Å². The first kappa shape index (κ1) is 12.7. The summed E-state index contributed by atoms with van der Waals surface area (Å²) in [6.45, 7) is 5.44. The summed E-state index contributed by atoms with van der Waals surface area (Å²) in [6.07, 6.45) is 5.23. The van der Waals surface area contributed by atoms with Crippen molar-refractivity contribution in [1.29, 1.82) is 0 Å². The number of hydrogen-bond donors (Lipinski definition) is 0. The molecular weight excluding hydrogens is 250 g/mol. The molecule has 1 rings (SSSR count). The van der Waals surface area contributed by atoms with Crippen LogP contribution in [0.2, 0.25) is 0 Å². The Morgan fingerprint density at radius 1 is 1.69 bits per heavy atom. The number of rotatable bonds is 3. The monoisotopic (exact) mass is 263 g/mol. The van der Waals surface area contributed by atoms with E-state index in [0.29, 0.717) is 6.54 Å². The number of ether oxygens (including phenoxy) is 1. The van der Waals surface area contributed by atoms with E-state index < -0.39 is 0 Å². The number of terminal acetylenes is 1. The lowest BCUT2D eigenvalue weighted by Gasteiger charge is -2.14. The molecule has 2 nitrogen and oxygen atoms in total. The number of hydrogen-bond acceptors (Lipinski definition) is 3. The summed E-state index contributed by atoms with van der Waals surface area (Å²) in [5.74, 6) is 3.55. The second-order valence-electron chi connectivity index (χ2n) is 2.48. The van der Waals surface area contributed by atoms with Gasteiger partial charge in [-0.2, -0.15) is 0 Å². The van der Waals surface area contributed by atoms with E-state index >= 15 is 0 Å². The van der Waals surface area contributed by atoms with Crippen molar-refractivity contribution in [3.8, 4) is 12.3 Å². The van der Waals surface area contributed by atoms with Crippen molar-refractivity contribution in [1.82, 2.24) is 4.90 Å². The zero-order chi connectivity index (χ0) is 8.97. The van der Waals surface area contributed by atoms with Crippen LogP contribution in [0.3, 0.4) is 0 Å². The summed E-state index contributed by atoms with van der Waals surface area (Å²) in [5, 5.41) is 1.02. The Balaban J connectivity index is 0.00000144. The predicted octanol–water partition coefficient (Wildman–Crippen LogP) is 2.43. The van der Waals surface area contributed by atoms with E-state index in [0.717, 1.165) is 17.6 Å². The van der Waals surface area contributed by atoms with E-state index in [-0.39, 0.29) is 17.0 Å². The molecule has 4 heteroatoms. The van der Waals surface area contributed by atoms with Gasteiger partial charge in [0.05, 0.1) is 24.7 Å². The Kier molecular flexibility index (Phi) is 6.10. The molecule has 0 radical (unpaired) electrons. The second-order valence-corrected chi connectivity index (χ2v) is 3.40. The van der Waals surface area contributed by atoms with Crippen LogP contribution in [-0.2, 0) is 4.74 Å². The fraction of sp³-hybridized carbons (Fsp3) is 0.556. The van der Waals surface area contributed by atoms with Crippen LogP contribution in [0, 0.1) is 12.3 Å². The van der Waals surface area contributed by atoms with Crippen LogP contribution < -0.4 is 0 Å². The van der Waals surface area contributed by atoms with Crippen molar-refractivity contribution in [2.75, 3.05) is 19.0 Å². The van der Waals surface area contributed by atoms with Gasteiger partial charge >= 0.3 is 0 Å². The molecule has 0 spiro atoms. The van der Waals surface area contributed by atoms with E-state index in [4.69, 9.17) is 11.2 Å². The first-order valence-electron chi connectivity index (χ1n) is 3.94. The van der Waals surface area contributed by atoms with Crippen molar-refractivity contribution in [2.45, 2.75) is 13.8 Å². The molecular formula is C9H14BrNOS. The summed E-state index contributed by atoms with van der Waals surface area (Å²) in [7, 11) is 0. The predicted molar refractivity (Wildman–Crippen MR) is 62.6 cm³/mol. The van der Waals surface area contributed by atoms with Gasteiger partial charge in [-0.05, 0) is 13.8 Å². The van der Waals surface area contributed by atoms with Crippen LogP contribution in [0.5, 0.6) is 0 Å². The van der Waals surface area contributed by atoms with Crippen molar-refractivity contribution in [3.63, 3.8) is 0 Å². The molecule has 1 aliphatic rings. The maximum Gasteiger partial charge on any atom is 0.173 e. The quantitative estimate of drug-likeness (QED) is 0.726. The summed E-state index contributed by atoms with van der Waals surface area (Å²) in [5.41, 5.74) is 1.17. The minimum atomic E-state index is 0. The van der Waals surface area contributed by atoms with Gasteiger partial charge in [0.25, 0.3) is 0 Å². The summed E-state index contributed by atoms with van der Waals surface area (Å²) in [4.78, 5) is 2.13. The van der Waals surface area contributed by atoms with E-state index in [2.05, 4.69) is 10.8 Å². The normalized spacial score (nSPS) is 15.3. The number of allylic oxidation sites excluding steroid dienone is 1. The van der Waals surface area contributed by atoms with Crippen LogP contribution in [0.4, 0.5) is 0 Å². The molecule has 74 valence electrons. The van der Waals surface area contributed by atoms with Gasteiger partial charge < -0.3 is 9.64 Å². The van der Waals surface area contributed by atoms with Crippen molar-refractivity contribution < 1.29 is 4.74 Å². The molecule has 0 bridgehead atoms. The maximum absolute atomic E-state index is 5.42. The molecule has 0 saturated carbocycles. The van der Waals surface area contributed by atoms with Crippen LogP contribution in [0.25, 0.3) is 0 Å². The van der Waals surface area contributed by atoms with E-state index in [9.17, 15) is 0 Å². The summed E-state index contributed by atoms with van der Waals surface area (Å²) < 4.78 is 5.42. The van der Waals surface area contributed by atoms with E-state index in [1.165, 1.54) is 5.70 Å². The standard InChI is InChI=1S/C9H13NOS.BrH/c1-4-6-10-7-12-9(8(10)3)11-5-2;/h1H,5-7H2,2-3H3;1H. The van der Waals surface area contributed by atoms with Crippen molar-refractivity contribution >= 4 is 28.7 Å². The molecule has 1 heterocycles. The lowest BCUT2D eigenvalue weighted by molar-refractivity contribution is 0.249. The first-order chi connectivity index (χ1) is 5.79. The molecule has 0 aromatic heterocycles. The topological polar surface area (TPSA) is 12.5 Å². The molecule has 0 aliphatic carbocycles. The molecule has 0 fully saturated rings. The van der Waals surface area contributed by atoms with Crippen LogP contribution in [0.15, 0.2) is 10.8 Å². The van der Waals surface area contributed by atoms with Gasteiger partial charge in [0.1, 0.15) is 0 Å². The minimum absolute atomic E-state index is 0. The summed E-state index contributed by atoms with van der Waals surface area (Å²) in [6, 6.07) is 0. The third kappa shape index (κ3) is 3.17. The van der Waals surface area contributed by atoms with Gasteiger partial charge in [-0.15, -0.1) is 23.4 Å². The zero-order valence-corrected chi connectivity index (χ0v) is 10.4. The highest BCUT2D eigenvalue weighted by Crippen LogP contribution is 2.31. The van der Waals surface area contributed by atoms with Crippen LogP contribution in [-0.4, -0.2) is 23.9 Å². The minimum Gasteiger partial charge on any atom is -0.486 e. The van der Waals surface area contributed by atoms with Gasteiger partial charge in [0.15, 0.2) is 5.09 Å². The Labute approximate surface area is 94.5 Å². The molecule has 0 aromatic carbocycles. The molecule has 13 heavy (non-hydrogen) atoms. The van der Waals surface area contributed by atoms with Gasteiger partial charge in [-0.1, -0.05) is 17.7 Å². The van der Waals surface area contributed by atoms with Gasteiger partial charge in [-0.25, -0.2) is 0 Å². The number of thioether (sulfide) groups is 1. The zero-order valence-electron chi connectivity index (χ0n) is 7.87. The average molecular weight is 264 g/mol. The third-order valence-corrected chi connectivity index (χ3v) is 2.80. The molecule has 0 N–H and O–H groups in total. The van der Waals surface area contributed by atoms with Crippen molar-refractivity contribution in [2.24, 2.45) is 0 Å². The maximum atomic E-state index is 5.42. The molecule has 0 saturated heterocycles. The lowest BCUT2D eigenvalue weighted by Crippen LogP contribution is -2.17. The van der Waals surface area contributed by atoms with Crippen LogP contribution in [0.1, 0.15) is 13.8 Å². The number of nitrogens with zero attached hydrogens (tertiary/aromatic N) is 1. The highest BCUT2D eigenvalue weighted by Gasteiger charge is 2.19. The van der Waals surface area contributed by atoms with Crippen LogP contribution >= 0.6 is 28.7 Å². The molecule has 0 amide bonds. The van der Waals surface area contributed by atoms with Gasteiger partial charge in [0, 0.05) is 0 Å². The smallest absolute Gasteiger partial charge is 0.173 e. The number of halogens is 1. The van der Waals surface area contributed by atoms with E-state index in [1.54, 1.807) is 11.8 Å². The Hall–Kier alpha value is -0.270. The molecule has 0 atom stereocenters. The molecule has 1 aliphatic heterocycles. The van der Waals surface area contributed by atoms with E-state index in [1.807, 2.05) is 13.8 Å². The Morgan fingerprint density at radius 2 is 2.38 bits per heavy atom. The third-order valence-electron chi connectivity index (χ3n) is 1.68. The van der Waals surface area contributed by atoms with Gasteiger partial charge in [0.2, 0.25) is 0 Å². The second kappa shape index (κ2) is 6.22. The molecule has 0 aromatic rings. The molecule has 0 unspecified atom stereocenters. The first-order valence-corrected chi connectivity index (χ1v) is 4.93. The fourth-order valence-corrected chi connectivity index (χ4v) is 2.12. The fourth-order valence-electron chi connectivity index (χ4n) is 1.02. The lowest BCUT2D eigenvalue weighted by atomic mass is 10.4.